The third-order valence-electron chi connectivity index (χ3n) is 6.59. The Balaban J connectivity index is 1.36. The van der Waals surface area contributed by atoms with Gasteiger partial charge in [-0.3, -0.25) is 4.98 Å². The first-order valence-electron chi connectivity index (χ1n) is 11.6. The van der Waals surface area contributed by atoms with Crippen LogP contribution in [-0.4, -0.2) is 40.4 Å². The van der Waals surface area contributed by atoms with Crippen LogP contribution in [0.1, 0.15) is 66.7 Å². The molecule has 0 spiro atoms. The average Bonchev–Trinajstić information content (AvgIpc) is 3.14. The molecule has 1 aliphatic carbocycles. The number of rotatable bonds is 7. The van der Waals surface area contributed by atoms with Crippen molar-refractivity contribution < 1.29 is 18.0 Å². The van der Waals surface area contributed by atoms with Crippen molar-refractivity contribution in [3.8, 4) is 0 Å². The van der Waals surface area contributed by atoms with Crippen LogP contribution < -0.4 is 0 Å². The van der Waals surface area contributed by atoms with Gasteiger partial charge in [0, 0.05) is 31.0 Å². The van der Waals surface area contributed by atoms with Gasteiger partial charge in [0.15, 0.2) is 0 Å². The van der Waals surface area contributed by atoms with Crippen molar-refractivity contribution in [1.82, 2.24) is 14.8 Å². The van der Waals surface area contributed by atoms with Crippen LogP contribution >= 0.6 is 0 Å². The number of nitrogens with zero attached hydrogens (tertiary/aromatic N) is 3. The third kappa shape index (κ3) is 4.92. The van der Waals surface area contributed by atoms with E-state index >= 15 is 0 Å². The lowest BCUT2D eigenvalue weighted by molar-refractivity contribution is -0.137. The molecule has 7 heteroatoms. The Bertz CT molecular complexity index is 960. The zero-order chi connectivity index (χ0) is 22.7. The van der Waals surface area contributed by atoms with E-state index in [0.29, 0.717) is 31.6 Å². The van der Waals surface area contributed by atoms with Gasteiger partial charge in [-0.2, -0.15) is 13.2 Å². The molecule has 4 nitrogen and oxygen atoms in total. The van der Waals surface area contributed by atoms with Crippen molar-refractivity contribution in [3.05, 3.63) is 64.5 Å². The van der Waals surface area contributed by atoms with Crippen LogP contribution in [0.4, 0.5) is 18.0 Å². The number of aryl methyl sites for hydroxylation is 3. The van der Waals surface area contributed by atoms with Gasteiger partial charge in [0.05, 0.1) is 11.6 Å². The maximum absolute atomic E-state index is 13.1. The minimum atomic E-state index is -4.39. The first kappa shape index (κ1) is 22.6. The van der Waals surface area contributed by atoms with E-state index in [-0.39, 0.29) is 12.1 Å². The van der Waals surface area contributed by atoms with Crippen LogP contribution in [0.15, 0.2) is 36.4 Å². The topological polar surface area (TPSA) is 36.4 Å². The molecule has 0 saturated carbocycles. The molecule has 172 valence electrons. The van der Waals surface area contributed by atoms with Crippen LogP contribution in [-0.2, 0) is 25.4 Å². The van der Waals surface area contributed by atoms with Crippen LogP contribution in [0.5, 0.6) is 0 Å². The summed E-state index contributed by atoms with van der Waals surface area (Å²) in [7, 11) is 0. The van der Waals surface area contributed by atoms with Gasteiger partial charge in [-0.15, -0.1) is 0 Å². The van der Waals surface area contributed by atoms with Gasteiger partial charge in [0.1, 0.15) is 0 Å². The number of hydrogen-bond donors (Lipinski definition) is 0. The Labute approximate surface area is 187 Å². The molecular formula is C25H30F3N3O. The highest BCUT2D eigenvalue weighted by atomic mass is 19.4. The largest absolute Gasteiger partial charge is 0.416 e. The molecule has 0 bridgehead atoms. The van der Waals surface area contributed by atoms with Gasteiger partial charge in [0.25, 0.3) is 0 Å². The molecule has 2 heterocycles. The normalized spacial score (nSPS) is 17.6. The molecule has 0 unspecified atom stereocenters. The third-order valence-corrected chi connectivity index (χ3v) is 6.59. The summed E-state index contributed by atoms with van der Waals surface area (Å²) in [5.41, 5.74) is 3.53. The minimum absolute atomic E-state index is 0.0901. The number of halogens is 3. The number of benzene rings is 1. The monoisotopic (exact) mass is 445 g/mol. The first-order chi connectivity index (χ1) is 15.4. The van der Waals surface area contributed by atoms with Gasteiger partial charge in [-0.1, -0.05) is 25.1 Å². The van der Waals surface area contributed by atoms with Crippen LogP contribution in [0.25, 0.3) is 0 Å². The lowest BCUT2D eigenvalue weighted by atomic mass is 9.95. The highest BCUT2D eigenvalue weighted by Crippen LogP contribution is 2.34. The highest BCUT2D eigenvalue weighted by molar-refractivity contribution is 5.77. The number of alkyl halides is 3. The van der Waals surface area contributed by atoms with Crippen molar-refractivity contribution in [3.63, 3.8) is 0 Å². The quantitative estimate of drug-likeness (QED) is 0.540. The summed E-state index contributed by atoms with van der Waals surface area (Å²) in [5.74, 6) is 0. The van der Waals surface area contributed by atoms with Gasteiger partial charge in [-0.05, 0) is 74.3 Å². The molecule has 0 N–H and O–H groups in total. The van der Waals surface area contributed by atoms with E-state index < -0.39 is 11.7 Å². The van der Waals surface area contributed by atoms with Crippen molar-refractivity contribution in [2.45, 2.75) is 64.1 Å². The van der Waals surface area contributed by atoms with Gasteiger partial charge >= 0.3 is 12.2 Å². The average molecular weight is 446 g/mol. The summed E-state index contributed by atoms with van der Waals surface area (Å²) in [6.07, 6.45) is 2.43. The molecule has 2 amide bonds. The van der Waals surface area contributed by atoms with Crippen molar-refractivity contribution >= 4 is 6.03 Å². The molecule has 4 rings (SSSR count). The van der Waals surface area contributed by atoms with Gasteiger partial charge in [-0.25, -0.2) is 4.79 Å². The Kier molecular flexibility index (Phi) is 6.72. The van der Waals surface area contributed by atoms with E-state index in [9.17, 15) is 18.0 Å². The molecule has 2 aromatic rings. The van der Waals surface area contributed by atoms with E-state index in [0.717, 1.165) is 37.4 Å². The number of carbonyl (C=O) groups excluding carboxylic acids is 1. The van der Waals surface area contributed by atoms with Crippen LogP contribution in [0.2, 0.25) is 0 Å². The van der Waals surface area contributed by atoms with E-state index in [1.807, 2.05) is 11.8 Å². The number of fused-ring (bicyclic) bond motifs is 1. The van der Waals surface area contributed by atoms with E-state index in [2.05, 4.69) is 12.1 Å². The van der Waals surface area contributed by atoms with Crippen molar-refractivity contribution in [2.75, 3.05) is 19.6 Å². The van der Waals surface area contributed by atoms with Crippen LogP contribution in [0.3, 0.4) is 0 Å². The summed E-state index contributed by atoms with van der Waals surface area (Å²) < 4.78 is 39.4. The Morgan fingerprint density at radius 3 is 2.69 bits per heavy atom. The fourth-order valence-electron chi connectivity index (χ4n) is 4.87. The van der Waals surface area contributed by atoms with Crippen LogP contribution in [0, 0.1) is 0 Å². The van der Waals surface area contributed by atoms with Gasteiger partial charge in [0.2, 0.25) is 0 Å². The molecule has 1 aromatic heterocycles. The minimum Gasteiger partial charge on any atom is -0.323 e. The number of urea groups is 1. The second-order valence-electron chi connectivity index (χ2n) is 8.73. The number of aromatic nitrogens is 1. The zero-order valence-electron chi connectivity index (χ0n) is 18.5. The second kappa shape index (κ2) is 9.51. The molecule has 1 fully saturated rings. The smallest absolute Gasteiger partial charge is 0.323 e. The molecule has 1 aromatic carbocycles. The molecular weight excluding hydrogens is 415 g/mol. The predicted octanol–water partition coefficient (Wildman–Crippen LogP) is 5.80. The molecule has 2 aliphatic rings. The second-order valence-corrected chi connectivity index (χ2v) is 8.73. The Morgan fingerprint density at radius 2 is 1.91 bits per heavy atom. The summed E-state index contributed by atoms with van der Waals surface area (Å²) >= 11 is 0. The van der Waals surface area contributed by atoms with Crippen molar-refractivity contribution in [1.29, 1.82) is 0 Å². The standard InChI is InChI=1S/C25H30F3N3O/c1-2-23(19-8-5-9-20(17-19)25(26,27)28)31-16-15-30(24(31)32)14-6-10-21-13-12-18-7-3-4-11-22(18)29-21/h5,8-9,12-13,17,23H,2-4,6-7,10-11,14-16H2,1H3/t23-/m0/s1. The summed E-state index contributed by atoms with van der Waals surface area (Å²) in [6.45, 7) is 3.67. The lowest BCUT2D eigenvalue weighted by Crippen LogP contribution is -2.35. The Morgan fingerprint density at radius 1 is 1.09 bits per heavy atom. The molecule has 1 saturated heterocycles. The van der Waals surface area contributed by atoms with Crippen molar-refractivity contribution in [2.24, 2.45) is 0 Å². The summed E-state index contributed by atoms with van der Waals surface area (Å²) in [6, 6.07) is 9.20. The maximum atomic E-state index is 13.1. The molecule has 1 atom stereocenters. The Hall–Kier alpha value is -2.57. The highest BCUT2D eigenvalue weighted by Gasteiger charge is 2.35. The number of pyridine rings is 1. The first-order valence-corrected chi connectivity index (χ1v) is 11.6. The van der Waals surface area contributed by atoms with Gasteiger partial charge < -0.3 is 9.80 Å². The molecule has 1 aliphatic heterocycles. The number of carbonyl (C=O) groups is 1. The fourth-order valence-corrected chi connectivity index (χ4v) is 4.87. The maximum Gasteiger partial charge on any atom is 0.416 e. The van der Waals surface area contributed by atoms with E-state index in [1.54, 1.807) is 11.0 Å². The predicted molar refractivity (Wildman–Crippen MR) is 117 cm³/mol. The van der Waals surface area contributed by atoms with E-state index in [4.69, 9.17) is 4.98 Å². The van der Waals surface area contributed by atoms with E-state index in [1.165, 1.54) is 36.2 Å². The molecule has 32 heavy (non-hydrogen) atoms. The summed E-state index contributed by atoms with van der Waals surface area (Å²) in [4.78, 5) is 21.4. The number of amides is 2. The summed E-state index contributed by atoms with van der Waals surface area (Å²) in [5, 5.41) is 0. The number of hydrogen-bond acceptors (Lipinski definition) is 2. The molecule has 0 radical (unpaired) electrons. The lowest BCUT2D eigenvalue weighted by Gasteiger charge is -2.28. The zero-order valence-corrected chi connectivity index (χ0v) is 18.5. The SMILES string of the molecule is CC[C@@H](c1cccc(C(F)(F)F)c1)N1CCN(CCCc2ccc3c(n2)CCCC3)C1=O. The fraction of sp³-hybridized carbons (Fsp3) is 0.520.